The maximum absolute atomic E-state index is 12.7. The van der Waals surface area contributed by atoms with Crippen molar-refractivity contribution in [3.8, 4) is 0 Å². The molecule has 0 aliphatic carbocycles. The summed E-state index contributed by atoms with van der Waals surface area (Å²) in [4.78, 5) is 13.5. The summed E-state index contributed by atoms with van der Waals surface area (Å²) in [7, 11) is -1.78. The maximum Gasteiger partial charge on any atom is 0.204 e. The summed E-state index contributed by atoms with van der Waals surface area (Å²) in [6.07, 6.45) is 0. The van der Waals surface area contributed by atoms with E-state index in [-0.39, 0.29) is 5.78 Å². The van der Waals surface area contributed by atoms with Gasteiger partial charge in [0.25, 0.3) is 0 Å². The number of carbonyl (C=O) groups is 1. The summed E-state index contributed by atoms with van der Waals surface area (Å²) in [5, 5.41) is 1.21. The highest BCUT2D eigenvalue weighted by molar-refractivity contribution is 7.10. The van der Waals surface area contributed by atoms with Gasteiger partial charge in [-0.05, 0) is 34.2 Å². The Kier molecular flexibility index (Phi) is 5.58. The molecule has 0 radical (unpaired) electrons. The van der Waals surface area contributed by atoms with E-state index >= 15 is 0 Å². The quantitative estimate of drug-likeness (QED) is 0.528. The second-order valence-electron chi connectivity index (χ2n) is 7.17. The SMILES string of the molecule is CC(C)[Si](c1cc(C(=O)c2ccccc2)sn1)(C(C)C)C(C)C. The van der Waals surface area contributed by atoms with Crippen molar-refractivity contribution in [3.63, 3.8) is 0 Å². The Morgan fingerprint density at radius 2 is 1.48 bits per heavy atom. The molecule has 124 valence electrons. The minimum Gasteiger partial charge on any atom is -0.288 e. The zero-order valence-electron chi connectivity index (χ0n) is 15.0. The number of nitrogens with zero attached hydrogens (tertiary/aromatic N) is 1. The molecule has 4 heteroatoms. The van der Waals surface area contributed by atoms with E-state index in [1.54, 1.807) is 0 Å². The van der Waals surface area contributed by atoms with Crippen LogP contribution >= 0.6 is 11.5 Å². The van der Waals surface area contributed by atoms with Gasteiger partial charge < -0.3 is 0 Å². The van der Waals surface area contributed by atoms with Gasteiger partial charge in [0.05, 0.1) is 4.88 Å². The standard InChI is InChI=1S/C19H27NOSSi/c1-13(2)23(14(3)4,15(5)6)18-12-17(22-20-18)19(21)16-10-8-7-9-11-16/h7-15H,1-6H3. The second kappa shape index (κ2) is 7.10. The fourth-order valence-corrected chi connectivity index (χ4v) is 11.9. The number of carbonyl (C=O) groups excluding carboxylic acids is 1. The van der Waals surface area contributed by atoms with Crippen LogP contribution in [0.5, 0.6) is 0 Å². The first-order valence-corrected chi connectivity index (χ1v) is 11.4. The number of benzene rings is 1. The van der Waals surface area contributed by atoms with Crippen molar-refractivity contribution in [1.82, 2.24) is 4.37 Å². The lowest BCUT2D eigenvalue weighted by Crippen LogP contribution is -2.56. The predicted octanol–water partition coefficient (Wildman–Crippen LogP) is 5.26. The summed E-state index contributed by atoms with van der Waals surface area (Å²) in [5.41, 5.74) is 2.55. The second-order valence-corrected chi connectivity index (χ2v) is 13.8. The van der Waals surface area contributed by atoms with E-state index in [4.69, 9.17) is 4.37 Å². The highest BCUT2D eigenvalue weighted by Gasteiger charge is 2.46. The van der Waals surface area contributed by atoms with Crippen LogP contribution in [0.3, 0.4) is 0 Å². The van der Waals surface area contributed by atoms with Crippen LogP contribution in [0.25, 0.3) is 0 Å². The van der Waals surface area contributed by atoms with Crippen LogP contribution in [0.4, 0.5) is 0 Å². The van der Waals surface area contributed by atoms with E-state index < -0.39 is 8.07 Å². The molecule has 0 fully saturated rings. The molecule has 0 saturated carbocycles. The van der Waals surface area contributed by atoms with Crippen molar-refractivity contribution in [2.24, 2.45) is 0 Å². The first kappa shape index (κ1) is 18.1. The summed E-state index contributed by atoms with van der Waals surface area (Å²) < 4.78 is 4.78. The molecule has 0 aliphatic rings. The lowest BCUT2D eigenvalue weighted by molar-refractivity contribution is 0.104. The third-order valence-electron chi connectivity index (χ3n) is 5.08. The molecule has 0 amide bonds. The van der Waals surface area contributed by atoms with Gasteiger partial charge in [-0.15, -0.1) is 0 Å². The third-order valence-corrected chi connectivity index (χ3v) is 12.9. The minimum absolute atomic E-state index is 0.0912. The van der Waals surface area contributed by atoms with Crippen LogP contribution in [-0.4, -0.2) is 18.2 Å². The van der Waals surface area contributed by atoms with E-state index in [2.05, 4.69) is 47.6 Å². The van der Waals surface area contributed by atoms with Gasteiger partial charge >= 0.3 is 0 Å². The summed E-state index contributed by atoms with van der Waals surface area (Å²) >= 11 is 1.37. The Bertz CT molecular complexity index is 639. The average Bonchev–Trinajstić information content (AvgIpc) is 2.96. The molecule has 0 atom stereocenters. The van der Waals surface area contributed by atoms with Crippen LogP contribution in [0.2, 0.25) is 16.6 Å². The Balaban J connectivity index is 2.46. The number of hydrogen-bond donors (Lipinski definition) is 0. The molecule has 2 aromatic rings. The van der Waals surface area contributed by atoms with Crippen molar-refractivity contribution in [2.45, 2.75) is 58.2 Å². The molecule has 1 aromatic carbocycles. The zero-order valence-corrected chi connectivity index (χ0v) is 16.8. The number of hydrogen-bond acceptors (Lipinski definition) is 3. The number of rotatable bonds is 6. The molecule has 2 rings (SSSR count). The molecule has 1 aromatic heterocycles. The van der Waals surface area contributed by atoms with Gasteiger partial charge in [0.15, 0.2) is 0 Å². The topological polar surface area (TPSA) is 30.0 Å². The molecule has 0 saturated heterocycles. The van der Waals surface area contributed by atoms with Crippen molar-refractivity contribution in [1.29, 1.82) is 0 Å². The highest BCUT2D eigenvalue weighted by atomic mass is 32.1. The van der Waals surface area contributed by atoms with Gasteiger partial charge in [0.1, 0.15) is 8.07 Å². The summed E-state index contributed by atoms with van der Waals surface area (Å²) in [5.74, 6) is 0.0912. The Morgan fingerprint density at radius 3 is 1.96 bits per heavy atom. The summed E-state index contributed by atoms with van der Waals surface area (Å²) in [6.45, 7) is 13.9. The zero-order chi connectivity index (χ0) is 17.2. The molecule has 2 nitrogen and oxygen atoms in total. The van der Waals surface area contributed by atoms with Gasteiger partial charge in [-0.1, -0.05) is 71.9 Å². The van der Waals surface area contributed by atoms with Crippen molar-refractivity contribution >= 4 is 30.7 Å². The number of ketones is 1. The molecule has 0 aliphatic heterocycles. The van der Waals surface area contributed by atoms with Crippen molar-refractivity contribution in [3.05, 3.63) is 46.8 Å². The molecule has 1 heterocycles. The average molecular weight is 346 g/mol. The Labute approximate surface area is 145 Å². The van der Waals surface area contributed by atoms with Gasteiger partial charge in [-0.3, -0.25) is 4.79 Å². The van der Waals surface area contributed by atoms with E-state index in [9.17, 15) is 4.79 Å². The molecule has 23 heavy (non-hydrogen) atoms. The van der Waals surface area contributed by atoms with Gasteiger partial charge in [0.2, 0.25) is 5.78 Å². The lowest BCUT2D eigenvalue weighted by Gasteiger charge is -2.41. The molecule has 0 spiro atoms. The minimum atomic E-state index is -1.78. The summed E-state index contributed by atoms with van der Waals surface area (Å²) in [6, 6.07) is 11.6. The highest BCUT2D eigenvalue weighted by Crippen LogP contribution is 2.41. The third kappa shape index (κ3) is 3.19. The van der Waals surface area contributed by atoms with Crippen molar-refractivity contribution in [2.75, 3.05) is 0 Å². The van der Waals surface area contributed by atoms with E-state index in [0.717, 1.165) is 10.4 Å². The van der Waals surface area contributed by atoms with Crippen LogP contribution in [0.15, 0.2) is 36.4 Å². The molecular formula is C19H27NOSSi. The van der Waals surface area contributed by atoms with Crippen LogP contribution in [-0.2, 0) is 0 Å². The molecule has 0 N–H and O–H groups in total. The molecule has 0 bridgehead atoms. The van der Waals surface area contributed by atoms with E-state index in [1.165, 1.54) is 16.8 Å². The van der Waals surface area contributed by atoms with Crippen molar-refractivity contribution < 1.29 is 4.79 Å². The fourth-order valence-electron chi connectivity index (χ4n) is 4.21. The fraction of sp³-hybridized carbons (Fsp3) is 0.474. The first-order valence-electron chi connectivity index (χ1n) is 8.38. The maximum atomic E-state index is 12.7. The van der Waals surface area contributed by atoms with E-state index in [1.807, 2.05) is 30.3 Å². The lowest BCUT2D eigenvalue weighted by atomic mass is 10.1. The van der Waals surface area contributed by atoms with Crippen LogP contribution in [0.1, 0.15) is 56.8 Å². The first-order chi connectivity index (χ1) is 10.8. The Morgan fingerprint density at radius 1 is 0.957 bits per heavy atom. The predicted molar refractivity (Wildman–Crippen MR) is 103 cm³/mol. The van der Waals surface area contributed by atoms with Gasteiger partial charge in [-0.25, -0.2) is 4.37 Å². The smallest absolute Gasteiger partial charge is 0.204 e. The Hall–Kier alpha value is -1.26. The van der Waals surface area contributed by atoms with Gasteiger partial charge in [0, 0.05) is 10.9 Å². The van der Waals surface area contributed by atoms with Gasteiger partial charge in [-0.2, -0.15) is 0 Å². The van der Waals surface area contributed by atoms with Crippen LogP contribution in [0, 0.1) is 0 Å². The monoisotopic (exact) mass is 345 g/mol. The largest absolute Gasteiger partial charge is 0.288 e. The normalized spacial score (nSPS) is 12.4. The molecular weight excluding hydrogens is 318 g/mol. The number of aromatic nitrogens is 1. The van der Waals surface area contributed by atoms with E-state index in [0.29, 0.717) is 16.6 Å². The molecule has 0 unspecified atom stereocenters. The van der Waals surface area contributed by atoms with Crippen LogP contribution < -0.4 is 5.32 Å².